The molecule has 78 valence electrons. The van der Waals surface area contributed by atoms with Crippen LogP contribution in [-0.2, 0) is 11.2 Å². The van der Waals surface area contributed by atoms with Crippen LogP contribution in [-0.4, -0.2) is 11.1 Å². The fourth-order valence-corrected chi connectivity index (χ4v) is 0.997. The van der Waals surface area contributed by atoms with Gasteiger partial charge in [-0.1, -0.05) is 30.3 Å². The molecule has 0 aliphatic carbocycles. The molecular weight excluding hydrogens is 192 g/mol. The summed E-state index contributed by atoms with van der Waals surface area (Å²) < 4.78 is 4.58. The zero-order chi connectivity index (χ0) is 10.9. The molecule has 0 bridgehead atoms. The van der Waals surface area contributed by atoms with E-state index in [1.807, 2.05) is 30.3 Å². The molecule has 1 N–H and O–H groups in total. The Morgan fingerprint density at radius 3 is 2.07 bits per heavy atom. The molecule has 0 unspecified atom stereocenters. The summed E-state index contributed by atoms with van der Waals surface area (Å²) in [5.41, 5.74) is 0.843. The summed E-state index contributed by atoms with van der Waals surface area (Å²) in [5, 5.41) is 8.37. The first-order valence-electron chi connectivity index (χ1n) is 4.52. The average Bonchev–Trinajstić information content (AvgIpc) is 2.76. The van der Waals surface area contributed by atoms with Crippen molar-refractivity contribution in [1.82, 2.24) is 0 Å². The third kappa shape index (κ3) is 5.31. The fourth-order valence-electron chi connectivity index (χ4n) is 0.997. The quantitative estimate of drug-likeness (QED) is 0.817. The van der Waals surface area contributed by atoms with Crippen LogP contribution in [0, 0.1) is 0 Å². The monoisotopic (exact) mass is 204 g/mol. The number of hydrogen-bond donors (Lipinski definition) is 1. The average molecular weight is 204 g/mol. The Hall–Kier alpha value is -2.03. The third-order valence-corrected chi connectivity index (χ3v) is 1.62. The predicted octanol–water partition coefficient (Wildman–Crippen LogP) is 2.59. The Labute approximate surface area is 88.0 Å². The van der Waals surface area contributed by atoms with Crippen molar-refractivity contribution >= 4 is 5.97 Å². The molecule has 0 spiro atoms. The number of carboxylic acid groups (broad SMARTS) is 1. The van der Waals surface area contributed by atoms with E-state index in [-0.39, 0.29) is 6.42 Å². The van der Waals surface area contributed by atoms with Crippen LogP contribution in [0.25, 0.3) is 0 Å². The molecule has 0 aliphatic rings. The molecule has 0 radical (unpaired) electrons. The first kappa shape index (κ1) is 11.0. The Morgan fingerprint density at radius 1 is 1.07 bits per heavy atom. The molecule has 3 nitrogen and oxygen atoms in total. The highest BCUT2D eigenvalue weighted by Gasteiger charge is 1.96. The minimum Gasteiger partial charge on any atom is -0.481 e. The minimum atomic E-state index is -0.786. The van der Waals surface area contributed by atoms with Crippen LogP contribution in [0.15, 0.2) is 59.4 Å². The second kappa shape index (κ2) is 6.43. The van der Waals surface area contributed by atoms with Crippen LogP contribution >= 0.6 is 0 Å². The first-order chi connectivity index (χ1) is 7.29. The normalized spacial score (nSPS) is 8.80. The number of rotatable bonds is 2. The lowest BCUT2D eigenvalue weighted by molar-refractivity contribution is -0.136. The van der Waals surface area contributed by atoms with Gasteiger partial charge in [0.15, 0.2) is 0 Å². The highest BCUT2D eigenvalue weighted by molar-refractivity contribution is 5.70. The van der Waals surface area contributed by atoms with Crippen LogP contribution < -0.4 is 0 Å². The molecule has 15 heavy (non-hydrogen) atoms. The minimum absolute atomic E-state index is 0.112. The molecule has 0 saturated heterocycles. The van der Waals surface area contributed by atoms with Crippen molar-refractivity contribution in [2.75, 3.05) is 0 Å². The Bertz CT molecular complexity index is 348. The Morgan fingerprint density at radius 2 is 1.67 bits per heavy atom. The van der Waals surface area contributed by atoms with Gasteiger partial charge in [-0.25, -0.2) is 0 Å². The highest BCUT2D eigenvalue weighted by Crippen LogP contribution is 1.98. The van der Waals surface area contributed by atoms with Crippen molar-refractivity contribution in [3.05, 3.63) is 60.6 Å². The molecule has 2 aromatic rings. The van der Waals surface area contributed by atoms with Crippen molar-refractivity contribution in [3.8, 4) is 0 Å². The second-order valence-corrected chi connectivity index (χ2v) is 2.85. The maximum atomic E-state index is 10.2. The molecule has 3 heteroatoms. The van der Waals surface area contributed by atoms with Crippen molar-refractivity contribution < 1.29 is 14.3 Å². The van der Waals surface area contributed by atoms with Crippen LogP contribution in [0.2, 0.25) is 0 Å². The lowest BCUT2D eigenvalue weighted by Gasteiger charge is -1.92. The van der Waals surface area contributed by atoms with Gasteiger partial charge in [0, 0.05) is 0 Å². The number of furan rings is 1. The molecule has 1 aromatic heterocycles. The molecule has 0 atom stereocenters. The van der Waals surface area contributed by atoms with Gasteiger partial charge in [0.2, 0.25) is 0 Å². The van der Waals surface area contributed by atoms with E-state index in [2.05, 4.69) is 4.42 Å². The second-order valence-electron chi connectivity index (χ2n) is 2.85. The van der Waals surface area contributed by atoms with Gasteiger partial charge in [-0.15, -0.1) is 0 Å². The summed E-state index contributed by atoms with van der Waals surface area (Å²) in [6.07, 6.45) is 3.36. The fraction of sp³-hybridized carbons (Fsp3) is 0.0833. The summed E-state index contributed by atoms with van der Waals surface area (Å²) in [4.78, 5) is 10.2. The van der Waals surface area contributed by atoms with E-state index >= 15 is 0 Å². The molecule has 0 fully saturated rings. The van der Waals surface area contributed by atoms with E-state index in [1.54, 1.807) is 24.7 Å². The van der Waals surface area contributed by atoms with Crippen molar-refractivity contribution in [2.45, 2.75) is 6.42 Å². The largest absolute Gasteiger partial charge is 0.481 e. The summed E-state index contributed by atoms with van der Waals surface area (Å²) >= 11 is 0. The number of benzene rings is 1. The van der Waals surface area contributed by atoms with Crippen LogP contribution in [0.4, 0.5) is 0 Å². The van der Waals surface area contributed by atoms with Gasteiger partial charge < -0.3 is 9.52 Å². The standard InChI is InChI=1S/C8H8O2.C4H4O/c9-8(10)6-7-4-2-1-3-5-7;1-2-4-5-3-1/h1-5H,6H2,(H,9,10);1-4H. The van der Waals surface area contributed by atoms with Gasteiger partial charge in [-0.2, -0.15) is 0 Å². The molecule has 0 amide bonds. The zero-order valence-corrected chi connectivity index (χ0v) is 8.17. The summed E-state index contributed by atoms with van der Waals surface area (Å²) in [6.45, 7) is 0. The van der Waals surface area contributed by atoms with Crippen molar-refractivity contribution in [1.29, 1.82) is 0 Å². The van der Waals surface area contributed by atoms with Gasteiger partial charge in [0.05, 0.1) is 18.9 Å². The topological polar surface area (TPSA) is 50.4 Å². The van der Waals surface area contributed by atoms with Gasteiger partial charge in [-0.05, 0) is 17.7 Å². The lowest BCUT2D eigenvalue weighted by Crippen LogP contribution is -1.98. The van der Waals surface area contributed by atoms with Gasteiger partial charge >= 0.3 is 5.97 Å². The van der Waals surface area contributed by atoms with Gasteiger partial charge in [0.25, 0.3) is 0 Å². The van der Waals surface area contributed by atoms with Crippen molar-refractivity contribution in [2.24, 2.45) is 0 Å². The highest BCUT2D eigenvalue weighted by atomic mass is 16.4. The van der Waals surface area contributed by atoms with E-state index in [9.17, 15) is 4.79 Å². The SMILES string of the molecule is O=C(O)Cc1ccccc1.c1ccoc1. The van der Waals surface area contributed by atoms with Crippen LogP contribution in [0.1, 0.15) is 5.56 Å². The van der Waals surface area contributed by atoms with Crippen LogP contribution in [0.5, 0.6) is 0 Å². The lowest BCUT2D eigenvalue weighted by atomic mass is 10.2. The molecule has 0 saturated carbocycles. The van der Waals surface area contributed by atoms with Gasteiger partial charge in [-0.3, -0.25) is 4.79 Å². The molecule has 0 aliphatic heterocycles. The molecule has 2 rings (SSSR count). The Balaban J connectivity index is 0.000000187. The maximum Gasteiger partial charge on any atom is 0.307 e. The third-order valence-electron chi connectivity index (χ3n) is 1.62. The molecule has 1 heterocycles. The van der Waals surface area contributed by atoms with E-state index in [0.717, 1.165) is 5.56 Å². The van der Waals surface area contributed by atoms with Gasteiger partial charge in [0.1, 0.15) is 0 Å². The number of aliphatic carboxylic acids is 1. The molecular formula is C12H12O3. The van der Waals surface area contributed by atoms with E-state index in [4.69, 9.17) is 5.11 Å². The smallest absolute Gasteiger partial charge is 0.307 e. The van der Waals surface area contributed by atoms with Crippen LogP contribution in [0.3, 0.4) is 0 Å². The zero-order valence-electron chi connectivity index (χ0n) is 8.17. The number of carboxylic acids is 1. The first-order valence-corrected chi connectivity index (χ1v) is 4.52. The number of carbonyl (C=O) groups is 1. The summed E-state index contributed by atoms with van der Waals surface area (Å²) in [7, 11) is 0. The van der Waals surface area contributed by atoms with Crippen molar-refractivity contribution in [3.63, 3.8) is 0 Å². The number of hydrogen-bond acceptors (Lipinski definition) is 2. The van der Waals surface area contributed by atoms with E-state index in [1.165, 1.54) is 0 Å². The molecule has 1 aromatic carbocycles. The van der Waals surface area contributed by atoms with E-state index in [0.29, 0.717) is 0 Å². The summed E-state index contributed by atoms with van der Waals surface area (Å²) in [6, 6.07) is 12.8. The predicted molar refractivity (Wildman–Crippen MR) is 56.5 cm³/mol. The Kier molecular flexibility index (Phi) is 4.73. The summed E-state index contributed by atoms with van der Waals surface area (Å²) in [5.74, 6) is -0.786. The maximum absolute atomic E-state index is 10.2. The van der Waals surface area contributed by atoms with E-state index < -0.39 is 5.97 Å².